The van der Waals surface area contributed by atoms with Crippen LogP contribution < -0.4 is 0 Å². The normalized spacial score (nSPS) is 10.1. The highest BCUT2D eigenvalue weighted by Gasteiger charge is 2.21. The van der Waals surface area contributed by atoms with E-state index in [9.17, 15) is 25.0 Å². The Hall–Kier alpha value is -3.36. The summed E-state index contributed by atoms with van der Waals surface area (Å²) in [6, 6.07) is 6.35. The molecule has 2 rings (SSSR count). The first-order chi connectivity index (χ1) is 10.9. The van der Waals surface area contributed by atoms with Gasteiger partial charge in [-0.25, -0.2) is 0 Å². The molecule has 0 radical (unpaired) electrons. The van der Waals surface area contributed by atoms with Gasteiger partial charge in [-0.1, -0.05) is 6.07 Å². The van der Waals surface area contributed by atoms with E-state index in [4.69, 9.17) is 0 Å². The van der Waals surface area contributed by atoms with Crippen LogP contribution in [0.1, 0.15) is 15.9 Å². The first-order valence-electron chi connectivity index (χ1n) is 6.46. The van der Waals surface area contributed by atoms with Crippen LogP contribution in [0.3, 0.4) is 0 Å². The lowest BCUT2D eigenvalue weighted by Gasteiger charge is -2.17. The van der Waals surface area contributed by atoms with Gasteiger partial charge in [-0.15, -0.1) is 0 Å². The van der Waals surface area contributed by atoms with Gasteiger partial charge in [0.25, 0.3) is 17.3 Å². The van der Waals surface area contributed by atoms with Crippen molar-refractivity contribution in [2.45, 2.75) is 6.54 Å². The molecular formula is C14H12N4O5. The Morgan fingerprint density at radius 2 is 1.78 bits per heavy atom. The molecule has 1 aromatic heterocycles. The SMILES string of the molecule is CN(Cc1cccnc1)C(=O)c1cc([N+](=O)[O-])cc([N+](=O)[O-])c1. The molecule has 23 heavy (non-hydrogen) atoms. The molecule has 9 heteroatoms. The van der Waals surface area contributed by atoms with Crippen molar-refractivity contribution in [3.8, 4) is 0 Å². The Morgan fingerprint density at radius 1 is 1.17 bits per heavy atom. The molecule has 0 unspecified atom stereocenters. The van der Waals surface area contributed by atoms with Gasteiger partial charge in [-0.3, -0.25) is 30.0 Å². The van der Waals surface area contributed by atoms with E-state index in [1.165, 1.54) is 11.9 Å². The van der Waals surface area contributed by atoms with Crippen LogP contribution in [0.2, 0.25) is 0 Å². The van der Waals surface area contributed by atoms with Gasteiger partial charge < -0.3 is 4.90 Å². The molecule has 0 atom stereocenters. The Morgan fingerprint density at radius 3 is 2.26 bits per heavy atom. The van der Waals surface area contributed by atoms with Crippen LogP contribution >= 0.6 is 0 Å². The molecule has 0 aliphatic rings. The minimum atomic E-state index is -0.773. The van der Waals surface area contributed by atoms with Crippen LogP contribution in [-0.4, -0.2) is 32.7 Å². The molecule has 1 amide bonds. The number of carbonyl (C=O) groups excluding carboxylic acids is 1. The van der Waals surface area contributed by atoms with Crippen LogP contribution in [0, 0.1) is 20.2 Å². The molecular weight excluding hydrogens is 304 g/mol. The summed E-state index contributed by atoms with van der Waals surface area (Å²) in [6.45, 7) is 0.225. The van der Waals surface area contributed by atoms with Crippen LogP contribution in [-0.2, 0) is 6.54 Å². The highest BCUT2D eigenvalue weighted by atomic mass is 16.6. The van der Waals surface area contributed by atoms with E-state index in [2.05, 4.69) is 4.98 Å². The summed E-state index contributed by atoms with van der Waals surface area (Å²) in [6.07, 6.45) is 3.18. The average molecular weight is 316 g/mol. The predicted molar refractivity (Wildman–Crippen MR) is 79.8 cm³/mol. The van der Waals surface area contributed by atoms with Crippen molar-refractivity contribution in [3.63, 3.8) is 0 Å². The number of aromatic nitrogens is 1. The van der Waals surface area contributed by atoms with Gasteiger partial charge in [0.1, 0.15) is 0 Å². The van der Waals surface area contributed by atoms with E-state index < -0.39 is 27.1 Å². The predicted octanol–water partition coefficient (Wildman–Crippen LogP) is 2.17. The van der Waals surface area contributed by atoms with Gasteiger partial charge >= 0.3 is 0 Å². The van der Waals surface area contributed by atoms with E-state index in [1.54, 1.807) is 24.5 Å². The summed E-state index contributed by atoms with van der Waals surface area (Å²) in [5, 5.41) is 21.7. The zero-order chi connectivity index (χ0) is 17.0. The molecule has 118 valence electrons. The third-order valence-electron chi connectivity index (χ3n) is 3.06. The third kappa shape index (κ3) is 3.84. The number of nitrogens with zero attached hydrogens (tertiary/aromatic N) is 4. The Kier molecular flexibility index (Phi) is 4.60. The fourth-order valence-corrected chi connectivity index (χ4v) is 1.99. The number of amides is 1. The third-order valence-corrected chi connectivity index (χ3v) is 3.06. The van der Waals surface area contributed by atoms with E-state index in [0.717, 1.165) is 23.8 Å². The van der Waals surface area contributed by atoms with Crippen molar-refractivity contribution in [2.75, 3.05) is 7.05 Å². The summed E-state index contributed by atoms with van der Waals surface area (Å²) >= 11 is 0. The van der Waals surface area contributed by atoms with Gasteiger partial charge in [0.15, 0.2) is 0 Å². The quantitative estimate of drug-likeness (QED) is 0.616. The van der Waals surface area contributed by atoms with Crippen molar-refractivity contribution in [1.82, 2.24) is 9.88 Å². The van der Waals surface area contributed by atoms with Gasteiger partial charge in [0.2, 0.25) is 0 Å². The monoisotopic (exact) mass is 316 g/mol. The first kappa shape index (κ1) is 16.0. The smallest absolute Gasteiger partial charge is 0.277 e. The second-order valence-electron chi connectivity index (χ2n) is 4.77. The molecule has 1 heterocycles. The first-order valence-corrected chi connectivity index (χ1v) is 6.46. The maximum absolute atomic E-state index is 12.4. The topological polar surface area (TPSA) is 119 Å². The minimum absolute atomic E-state index is 0.114. The van der Waals surface area contributed by atoms with Crippen LogP contribution in [0.15, 0.2) is 42.7 Å². The van der Waals surface area contributed by atoms with Crippen molar-refractivity contribution in [2.24, 2.45) is 0 Å². The Bertz CT molecular complexity index is 731. The lowest BCUT2D eigenvalue weighted by Crippen LogP contribution is -2.26. The van der Waals surface area contributed by atoms with E-state index in [1.807, 2.05) is 0 Å². The zero-order valence-corrected chi connectivity index (χ0v) is 12.1. The average Bonchev–Trinajstić information content (AvgIpc) is 2.54. The maximum Gasteiger partial charge on any atom is 0.277 e. The number of pyridine rings is 1. The van der Waals surface area contributed by atoms with Gasteiger partial charge in [0.05, 0.1) is 21.5 Å². The summed E-state index contributed by atoms with van der Waals surface area (Å²) < 4.78 is 0. The van der Waals surface area contributed by atoms with Crippen molar-refractivity contribution in [1.29, 1.82) is 0 Å². The van der Waals surface area contributed by atoms with Crippen molar-refractivity contribution in [3.05, 3.63) is 74.1 Å². The lowest BCUT2D eigenvalue weighted by atomic mass is 10.1. The van der Waals surface area contributed by atoms with E-state index in [-0.39, 0.29) is 12.1 Å². The summed E-state index contributed by atoms with van der Waals surface area (Å²) in [5.74, 6) is -0.555. The highest BCUT2D eigenvalue weighted by molar-refractivity contribution is 5.95. The Labute approximate surface area is 130 Å². The second kappa shape index (κ2) is 6.60. The molecule has 0 fully saturated rings. The minimum Gasteiger partial charge on any atom is -0.337 e. The van der Waals surface area contributed by atoms with Crippen LogP contribution in [0.4, 0.5) is 11.4 Å². The molecule has 2 aromatic rings. The van der Waals surface area contributed by atoms with Crippen LogP contribution in [0.25, 0.3) is 0 Å². The summed E-state index contributed by atoms with van der Waals surface area (Å²) in [4.78, 5) is 37.8. The number of rotatable bonds is 5. The molecule has 0 saturated carbocycles. The molecule has 0 saturated heterocycles. The van der Waals surface area contributed by atoms with Crippen molar-refractivity contribution < 1.29 is 14.6 Å². The maximum atomic E-state index is 12.4. The number of nitro groups is 2. The fourth-order valence-electron chi connectivity index (χ4n) is 1.99. The summed E-state index contributed by atoms with van der Waals surface area (Å²) in [7, 11) is 1.50. The second-order valence-corrected chi connectivity index (χ2v) is 4.77. The molecule has 0 aliphatic carbocycles. The van der Waals surface area contributed by atoms with Crippen LogP contribution in [0.5, 0.6) is 0 Å². The van der Waals surface area contributed by atoms with E-state index >= 15 is 0 Å². The molecule has 0 N–H and O–H groups in total. The standard InChI is InChI=1S/C14H12N4O5/c1-16(9-10-3-2-4-15-8-10)14(19)11-5-12(17(20)21)7-13(6-11)18(22)23/h2-8H,9H2,1H3. The lowest BCUT2D eigenvalue weighted by molar-refractivity contribution is -0.394. The number of hydrogen-bond donors (Lipinski definition) is 0. The highest BCUT2D eigenvalue weighted by Crippen LogP contribution is 2.23. The molecule has 0 aliphatic heterocycles. The number of nitro benzene ring substituents is 2. The number of hydrogen-bond acceptors (Lipinski definition) is 6. The molecule has 0 bridgehead atoms. The number of benzene rings is 1. The van der Waals surface area contributed by atoms with E-state index in [0.29, 0.717) is 0 Å². The number of non-ortho nitro benzene ring substituents is 2. The molecule has 9 nitrogen and oxygen atoms in total. The summed E-state index contributed by atoms with van der Waals surface area (Å²) in [5.41, 5.74) is -0.352. The van der Waals surface area contributed by atoms with Gasteiger partial charge in [0, 0.05) is 38.1 Å². The fraction of sp³-hybridized carbons (Fsp3) is 0.143. The number of carbonyl (C=O) groups is 1. The molecule has 0 spiro atoms. The van der Waals surface area contributed by atoms with Crippen molar-refractivity contribution >= 4 is 17.3 Å². The van der Waals surface area contributed by atoms with Gasteiger partial charge in [-0.2, -0.15) is 0 Å². The zero-order valence-electron chi connectivity index (χ0n) is 12.1. The Balaban J connectivity index is 2.30. The van der Waals surface area contributed by atoms with Gasteiger partial charge in [-0.05, 0) is 11.6 Å². The molecule has 1 aromatic carbocycles. The largest absolute Gasteiger partial charge is 0.337 e.